The van der Waals surface area contributed by atoms with Crippen LogP contribution in [0.2, 0.25) is 10.0 Å². The monoisotopic (exact) mass is 592 g/mol. The molecule has 2 saturated heterocycles. The minimum Gasteiger partial charge on any atom is -0.491 e. The molecular weight excluding hydrogens is 563 g/mol. The Balaban J connectivity index is 1.18. The highest BCUT2D eigenvalue weighted by molar-refractivity contribution is 7.79. The van der Waals surface area contributed by atoms with Crippen LogP contribution in [-0.2, 0) is 26.5 Å². The van der Waals surface area contributed by atoms with Crippen LogP contribution in [0.1, 0.15) is 5.56 Å². The summed E-state index contributed by atoms with van der Waals surface area (Å²) in [6.45, 7) is 4.39. The minimum atomic E-state index is -1.14. The number of nitrogens with zero attached hydrogens (tertiary/aromatic N) is 6. The van der Waals surface area contributed by atoms with Gasteiger partial charge in [-0.15, -0.1) is 0 Å². The van der Waals surface area contributed by atoms with Crippen molar-refractivity contribution in [2.24, 2.45) is 0 Å². The fourth-order valence-corrected chi connectivity index (χ4v) is 5.39. The summed E-state index contributed by atoms with van der Waals surface area (Å²) in [5.41, 5.74) is 1.81. The van der Waals surface area contributed by atoms with Gasteiger partial charge in [0.05, 0.1) is 18.7 Å². The van der Waals surface area contributed by atoms with Gasteiger partial charge < -0.3 is 23.8 Å². The molecule has 0 amide bonds. The molecule has 0 aliphatic carbocycles. The molecule has 2 atom stereocenters. The predicted octanol–water partition coefficient (Wildman–Crippen LogP) is 3.83. The van der Waals surface area contributed by atoms with E-state index in [1.807, 2.05) is 30.3 Å². The second-order valence-electron chi connectivity index (χ2n) is 9.26. The number of benzene rings is 2. The Kier molecular flexibility index (Phi) is 8.75. The van der Waals surface area contributed by atoms with E-state index < -0.39 is 5.79 Å². The van der Waals surface area contributed by atoms with Gasteiger partial charge in [0.1, 0.15) is 37.7 Å². The first-order chi connectivity index (χ1) is 18.9. The molecule has 13 heteroatoms. The molecule has 0 bridgehead atoms. The van der Waals surface area contributed by atoms with Crippen molar-refractivity contribution in [1.29, 1.82) is 0 Å². The number of hydrogen-bond acceptors (Lipinski definition) is 9. The first-order valence-electron chi connectivity index (χ1n) is 12.5. The van der Waals surface area contributed by atoms with Crippen molar-refractivity contribution in [2.75, 3.05) is 58.5 Å². The molecule has 208 valence electrons. The van der Waals surface area contributed by atoms with Gasteiger partial charge in [-0.05, 0) is 48.6 Å². The number of piperazine rings is 1. The number of hydrogen-bond donors (Lipinski definition) is 0. The van der Waals surface area contributed by atoms with Crippen molar-refractivity contribution in [3.8, 4) is 5.75 Å². The van der Waals surface area contributed by atoms with Crippen molar-refractivity contribution >= 4 is 46.3 Å². The van der Waals surface area contributed by atoms with Crippen LogP contribution in [0.5, 0.6) is 5.75 Å². The van der Waals surface area contributed by atoms with E-state index in [1.54, 1.807) is 30.3 Å². The molecular formula is C26H30Cl2N6O4S. The molecule has 1 aromatic heterocycles. The maximum absolute atomic E-state index is 6.54. The fourth-order valence-electron chi connectivity index (χ4n) is 4.73. The number of thiocarbonyl (C=S) groups is 1. The van der Waals surface area contributed by atoms with Crippen LogP contribution in [0.4, 0.5) is 5.69 Å². The maximum atomic E-state index is 6.54. The summed E-state index contributed by atoms with van der Waals surface area (Å²) >= 11 is 17.9. The highest BCUT2D eigenvalue weighted by Gasteiger charge is 2.45. The Bertz CT molecular complexity index is 1260. The van der Waals surface area contributed by atoms with Gasteiger partial charge in [0.25, 0.3) is 5.17 Å². The van der Waals surface area contributed by atoms with Gasteiger partial charge in [0, 0.05) is 49.5 Å². The van der Waals surface area contributed by atoms with E-state index in [9.17, 15) is 0 Å². The van der Waals surface area contributed by atoms with Gasteiger partial charge in [-0.2, -0.15) is 5.10 Å². The van der Waals surface area contributed by atoms with E-state index >= 15 is 0 Å². The largest absolute Gasteiger partial charge is 0.491 e. The van der Waals surface area contributed by atoms with Crippen molar-refractivity contribution < 1.29 is 18.9 Å². The Morgan fingerprint density at radius 3 is 2.59 bits per heavy atom. The first kappa shape index (κ1) is 27.9. The summed E-state index contributed by atoms with van der Waals surface area (Å²) in [6, 6.07) is 13.3. The lowest BCUT2D eigenvalue weighted by molar-refractivity contribution is -0.190. The lowest BCUT2D eigenvalue weighted by Gasteiger charge is -2.40. The van der Waals surface area contributed by atoms with E-state index in [4.69, 9.17) is 54.4 Å². The Hall–Kier alpha value is -2.67. The van der Waals surface area contributed by atoms with Gasteiger partial charge in [-0.3, -0.25) is 5.01 Å². The summed E-state index contributed by atoms with van der Waals surface area (Å²) in [5.74, 6) is -0.388. The molecule has 0 N–H and O–H groups in total. The van der Waals surface area contributed by atoms with Gasteiger partial charge >= 0.3 is 0 Å². The average Bonchev–Trinajstić information content (AvgIpc) is 3.62. The SMILES string of the molecule is COC(=S)N(C)N1CCN(c2ccc(OC[C@@H]3CO[C@@](Cn4cncn4)(c4ccc(Cl)cc4Cl)O3)cc2)CC1. The molecule has 3 aromatic rings. The first-order valence-corrected chi connectivity index (χ1v) is 13.7. The number of rotatable bonds is 8. The summed E-state index contributed by atoms with van der Waals surface area (Å²) < 4.78 is 25.5. The second-order valence-corrected chi connectivity index (χ2v) is 10.5. The molecule has 3 heterocycles. The quantitative estimate of drug-likeness (QED) is 0.360. The van der Waals surface area contributed by atoms with Gasteiger partial charge in [0.15, 0.2) is 0 Å². The lowest BCUT2D eigenvalue weighted by Crippen LogP contribution is -2.54. The zero-order chi connectivity index (χ0) is 27.4. The van der Waals surface area contributed by atoms with Gasteiger partial charge in [-0.1, -0.05) is 29.3 Å². The smallest absolute Gasteiger partial charge is 0.273 e. The van der Waals surface area contributed by atoms with E-state index in [0.29, 0.717) is 34.0 Å². The standard InChI is InChI=1S/C26H30Cl2N6O4S/c1-31(25(39)35-2)34-11-9-32(10-12-34)20-4-6-21(7-5-20)36-14-22-15-37-26(38-22,16-33-18-29-17-30-33)23-8-3-19(27)13-24(23)28/h3-8,13,17-18,22H,9-12,14-16H2,1-2H3/t22-,26-/m1/s1. The Morgan fingerprint density at radius 1 is 1.15 bits per heavy atom. The second kappa shape index (κ2) is 12.2. The number of halogens is 2. The molecule has 10 nitrogen and oxygen atoms in total. The summed E-state index contributed by atoms with van der Waals surface area (Å²) in [4.78, 5) is 6.37. The maximum Gasteiger partial charge on any atom is 0.273 e. The van der Waals surface area contributed by atoms with Crippen molar-refractivity contribution in [2.45, 2.75) is 18.4 Å². The summed E-state index contributed by atoms with van der Waals surface area (Å²) in [5, 5.41) is 9.74. The average molecular weight is 594 g/mol. The zero-order valence-electron chi connectivity index (χ0n) is 21.7. The molecule has 2 aliphatic rings. The van der Waals surface area contributed by atoms with E-state index in [0.717, 1.165) is 37.6 Å². The molecule has 39 heavy (non-hydrogen) atoms. The van der Waals surface area contributed by atoms with Crippen molar-refractivity contribution in [1.82, 2.24) is 24.8 Å². The molecule has 0 unspecified atom stereocenters. The zero-order valence-corrected chi connectivity index (χ0v) is 24.0. The summed E-state index contributed by atoms with van der Waals surface area (Å²) in [6.07, 6.45) is 2.75. The highest BCUT2D eigenvalue weighted by Crippen LogP contribution is 2.40. The highest BCUT2D eigenvalue weighted by atomic mass is 35.5. The van der Waals surface area contributed by atoms with E-state index in [-0.39, 0.29) is 12.6 Å². The Morgan fingerprint density at radius 2 is 1.92 bits per heavy atom. The van der Waals surface area contributed by atoms with Crippen LogP contribution in [0, 0.1) is 0 Å². The molecule has 2 fully saturated rings. The van der Waals surface area contributed by atoms with E-state index in [2.05, 4.69) is 32.1 Å². The van der Waals surface area contributed by atoms with Crippen LogP contribution in [0.25, 0.3) is 0 Å². The third kappa shape index (κ3) is 6.40. The third-order valence-electron chi connectivity index (χ3n) is 6.79. The van der Waals surface area contributed by atoms with Gasteiger partial charge in [-0.25, -0.2) is 14.7 Å². The van der Waals surface area contributed by atoms with Crippen LogP contribution in [0.15, 0.2) is 55.1 Å². The van der Waals surface area contributed by atoms with E-state index in [1.165, 1.54) is 6.33 Å². The van der Waals surface area contributed by atoms with Crippen molar-refractivity contribution in [3.63, 3.8) is 0 Å². The Labute approximate surface area is 242 Å². The molecule has 5 rings (SSSR count). The molecule has 0 radical (unpaired) electrons. The predicted molar refractivity (Wildman–Crippen MR) is 152 cm³/mol. The summed E-state index contributed by atoms with van der Waals surface area (Å²) in [7, 11) is 3.52. The number of methoxy groups -OCH3 is 1. The third-order valence-corrected chi connectivity index (χ3v) is 7.77. The number of aromatic nitrogens is 3. The van der Waals surface area contributed by atoms with Crippen LogP contribution < -0.4 is 9.64 Å². The molecule has 2 aromatic carbocycles. The molecule has 0 saturated carbocycles. The normalized spacial score (nSPS) is 21.6. The number of ether oxygens (including phenoxy) is 4. The van der Waals surface area contributed by atoms with Crippen molar-refractivity contribution in [3.05, 3.63) is 70.7 Å². The number of anilines is 1. The van der Waals surface area contributed by atoms with Gasteiger partial charge in [0.2, 0.25) is 5.79 Å². The minimum absolute atomic E-state index is 0.278. The number of hydrazine groups is 1. The van der Waals surface area contributed by atoms with Crippen LogP contribution in [0.3, 0.4) is 0 Å². The topological polar surface area (TPSA) is 77.4 Å². The fraction of sp³-hybridized carbons (Fsp3) is 0.423. The molecule has 0 spiro atoms. The van der Waals surface area contributed by atoms with Crippen LogP contribution in [-0.4, -0.2) is 89.6 Å². The lowest BCUT2D eigenvalue weighted by atomic mass is 10.1. The van der Waals surface area contributed by atoms with Crippen LogP contribution >= 0.6 is 35.4 Å². The molecule has 2 aliphatic heterocycles.